The number of benzene rings is 1. The number of halogens is 2. The molecular formula is C16H20F2N2O4. The van der Waals surface area contributed by atoms with Crippen molar-refractivity contribution in [2.45, 2.75) is 33.7 Å². The van der Waals surface area contributed by atoms with Crippen molar-refractivity contribution in [2.24, 2.45) is 5.41 Å². The Morgan fingerprint density at radius 3 is 2.17 bits per heavy atom. The Morgan fingerprint density at radius 2 is 1.67 bits per heavy atom. The van der Waals surface area contributed by atoms with Crippen LogP contribution in [0.4, 0.5) is 14.5 Å². The van der Waals surface area contributed by atoms with E-state index in [1.807, 2.05) is 0 Å². The summed E-state index contributed by atoms with van der Waals surface area (Å²) in [6.07, 6.45) is 0. The Balaban J connectivity index is 2.48. The third-order valence-electron chi connectivity index (χ3n) is 2.87. The lowest BCUT2D eigenvalue weighted by atomic mass is 9.95. The van der Waals surface area contributed by atoms with Gasteiger partial charge in [0.25, 0.3) is 5.91 Å². The molecule has 2 amide bonds. The van der Waals surface area contributed by atoms with Crippen LogP contribution in [0.1, 0.15) is 27.7 Å². The first-order valence-electron chi connectivity index (χ1n) is 7.22. The number of esters is 1. The molecule has 2 N–H and O–H groups in total. The maximum absolute atomic E-state index is 13.0. The van der Waals surface area contributed by atoms with Crippen LogP contribution in [0.25, 0.3) is 0 Å². The van der Waals surface area contributed by atoms with Crippen molar-refractivity contribution in [3.63, 3.8) is 0 Å². The van der Waals surface area contributed by atoms with Crippen LogP contribution in [-0.2, 0) is 19.1 Å². The first-order valence-corrected chi connectivity index (χ1v) is 7.22. The second-order valence-corrected chi connectivity index (χ2v) is 6.26. The van der Waals surface area contributed by atoms with Crippen molar-refractivity contribution in [3.05, 3.63) is 29.8 Å². The predicted molar refractivity (Wildman–Crippen MR) is 83.0 cm³/mol. The zero-order chi connectivity index (χ0) is 18.5. The van der Waals surface area contributed by atoms with Crippen molar-refractivity contribution in [1.82, 2.24) is 5.32 Å². The molecule has 0 radical (unpaired) electrons. The van der Waals surface area contributed by atoms with Crippen LogP contribution in [0.2, 0.25) is 0 Å². The van der Waals surface area contributed by atoms with Crippen LogP contribution in [0.3, 0.4) is 0 Å². The molecule has 0 fully saturated rings. The predicted octanol–water partition coefficient (Wildman–Crippen LogP) is 2.00. The summed E-state index contributed by atoms with van der Waals surface area (Å²) in [5.41, 5.74) is -0.768. The fraction of sp³-hybridized carbons (Fsp3) is 0.438. The van der Waals surface area contributed by atoms with Crippen molar-refractivity contribution in [3.8, 4) is 0 Å². The topological polar surface area (TPSA) is 84.5 Å². The zero-order valence-corrected chi connectivity index (χ0v) is 13.9. The molecule has 0 aliphatic heterocycles. The minimum atomic E-state index is -0.934. The normalized spacial score (nSPS) is 12.2. The van der Waals surface area contributed by atoms with Gasteiger partial charge in [-0.2, -0.15) is 0 Å². The van der Waals surface area contributed by atoms with Gasteiger partial charge in [-0.3, -0.25) is 9.59 Å². The number of anilines is 1. The van der Waals surface area contributed by atoms with E-state index in [2.05, 4.69) is 10.6 Å². The molecular weight excluding hydrogens is 322 g/mol. The van der Waals surface area contributed by atoms with Gasteiger partial charge in [0.15, 0.2) is 6.61 Å². The summed E-state index contributed by atoms with van der Waals surface area (Å²) < 4.78 is 30.8. The molecule has 1 aromatic rings. The quantitative estimate of drug-likeness (QED) is 0.802. The van der Waals surface area contributed by atoms with E-state index in [9.17, 15) is 23.2 Å². The highest BCUT2D eigenvalue weighted by Crippen LogP contribution is 2.13. The fourth-order valence-electron chi connectivity index (χ4n) is 1.56. The van der Waals surface area contributed by atoms with E-state index in [1.165, 1.54) is 6.92 Å². The first-order chi connectivity index (χ1) is 11.0. The minimum absolute atomic E-state index is 0.0948. The number of nitrogens with one attached hydrogen (secondary N) is 2. The van der Waals surface area contributed by atoms with Gasteiger partial charge in [-0.15, -0.1) is 0 Å². The van der Waals surface area contributed by atoms with Gasteiger partial charge in [0, 0.05) is 17.2 Å². The third-order valence-corrected chi connectivity index (χ3v) is 2.87. The Kier molecular flexibility index (Phi) is 6.39. The molecule has 1 aromatic carbocycles. The zero-order valence-electron chi connectivity index (χ0n) is 13.9. The molecule has 1 rings (SSSR count). The molecule has 0 heterocycles. The molecule has 8 heteroatoms. The van der Waals surface area contributed by atoms with Crippen LogP contribution in [0.5, 0.6) is 0 Å². The van der Waals surface area contributed by atoms with E-state index in [0.29, 0.717) is 6.07 Å². The summed E-state index contributed by atoms with van der Waals surface area (Å²) in [7, 11) is 0. The summed E-state index contributed by atoms with van der Waals surface area (Å²) in [5, 5.41) is 4.66. The first kappa shape index (κ1) is 19.5. The molecule has 1 unspecified atom stereocenters. The number of rotatable bonds is 5. The van der Waals surface area contributed by atoms with Crippen molar-refractivity contribution < 1.29 is 27.9 Å². The lowest BCUT2D eigenvalue weighted by Crippen LogP contribution is -2.45. The average Bonchev–Trinajstić information content (AvgIpc) is 2.42. The van der Waals surface area contributed by atoms with Crippen molar-refractivity contribution in [2.75, 3.05) is 11.9 Å². The minimum Gasteiger partial charge on any atom is -0.454 e. The monoisotopic (exact) mass is 342 g/mol. The lowest BCUT2D eigenvalue weighted by Gasteiger charge is -2.20. The molecule has 24 heavy (non-hydrogen) atoms. The van der Waals surface area contributed by atoms with Crippen molar-refractivity contribution in [1.29, 1.82) is 0 Å². The number of hydrogen-bond acceptors (Lipinski definition) is 4. The van der Waals surface area contributed by atoms with Crippen LogP contribution in [0.15, 0.2) is 18.2 Å². The maximum Gasteiger partial charge on any atom is 0.328 e. The summed E-state index contributed by atoms with van der Waals surface area (Å²) in [6.45, 7) is 5.84. The molecule has 1 atom stereocenters. The molecule has 0 saturated carbocycles. The van der Waals surface area contributed by atoms with Crippen LogP contribution < -0.4 is 10.6 Å². The van der Waals surface area contributed by atoms with Gasteiger partial charge < -0.3 is 15.4 Å². The standard InChI is InChI=1S/C16H20F2N2O4/c1-9(19-15(23)16(2,3)4)14(22)24-8-13(21)20-12-6-10(17)5-11(18)7-12/h5-7,9H,8H2,1-4H3,(H,19,23)(H,20,21). The van der Waals surface area contributed by atoms with Gasteiger partial charge in [0.05, 0.1) is 0 Å². The highest BCUT2D eigenvalue weighted by Gasteiger charge is 2.26. The van der Waals surface area contributed by atoms with Crippen LogP contribution in [-0.4, -0.2) is 30.4 Å². The molecule has 0 saturated heterocycles. The second-order valence-electron chi connectivity index (χ2n) is 6.26. The average molecular weight is 342 g/mol. The van der Waals surface area contributed by atoms with Gasteiger partial charge in [-0.1, -0.05) is 20.8 Å². The van der Waals surface area contributed by atoms with E-state index in [0.717, 1.165) is 12.1 Å². The summed E-state index contributed by atoms with van der Waals surface area (Å²) in [5.74, 6) is -3.59. The molecule has 0 aliphatic rings. The molecule has 132 valence electrons. The smallest absolute Gasteiger partial charge is 0.328 e. The van der Waals surface area contributed by atoms with Gasteiger partial charge in [0.2, 0.25) is 5.91 Å². The number of ether oxygens (including phenoxy) is 1. The van der Waals surface area contributed by atoms with Crippen LogP contribution >= 0.6 is 0 Å². The van der Waals surface area contributed by atoms with E-state index in [4.69, 9.17) is 4.74 Å². The van der Waals surface area contributed by atoms with Gasteiger partial charge in [-0.25, -0.2) is 13.6 Å². The number of hydrogen-bond donors (Lipinski definition) is 2. The van der Waals surface area contributed by atoms with Gasteiger partial charge >= 0.3 is 5.97 Å². The number of carbonyl (C=O) groups is 3. The Morgan fingerprint density at radius 1 is 1.12 bits per heavy atom. The van der Waals surface area contributed by atoms with Gasteiger partial charge in [-0.05, 0) is 19.1 Å². The second kappa shape index (κ2) is 7.85. The summed E-state index contributed by atoms with van der Waals surface area (Å²) in [6, 6.07) is 1.58. The molecule has 0 spiro atoms. The Bertz CT molecular complexity index is 621. The summed E-state index contributed by atoms with van der Waals surface area (Å²) in [4.78, 5) is 35.1. The highest BCUT2D eigenvalue weighted by molar-refractivity contribution is 5.93. The van der Waals surface area contributed by atoms with Gasteiger partial charge in [0.1, 0.15) is 17.7 Å². The SMILES string of the molecule is CC(NC(=O)C(C)(C)C)C(=O)OCC(=O)Nc1cc(F)cc(F)c1. The molecule has 0 aliphatic carbocycles. The lowest BCUT2D eigenvalue weighted by molar-refractivity contribution is -0.150. The fourth-order valence-corrected chi connectivity index (χ4v) is 1.56. The Hall–Kier alpha value is -2.51. The summed E-state index contributed by atoms with van der Waals surface area (Å²) >= 11 is 0. The van der Waals surface area contributed by atoms with E-state index < -0.39 is 41.6 Å². The van der Waals surface area contributed by atoms with E-state index in [1.54, 1.807) is 20.8 Å². The number of carbonyl (C=O) groups excluding carboxylic acids is 3. The van der Waals surface area contributed by atoms with Crippen LogP contribution in [0, 0.1) is 17.0 Å². The highest BCUT2D eigenvalue weighted by atomic mass is 19.1. The molecule has 6 nitrogen and oxygen atoms in total. The Labute approximate surface area is 138 Å². The molecule has 0 bridgehead atoms. The maximum atomic E-state index is 13.0. The van der Waals surface area contributed by atoms with E-state index >= 15 is 0 Å². The largest absolute Gasteiger partial charge is 0.454 e. The molecule has 0 aromatic heterocycles. The third kappa shape index (κ3) is 6.31. The van der Waals surface area contributed by atoms with E-state index in [-0.39, 0.29) is 11.6 Å². The van der Waals surface area contributed by atoms with Crippen molar-refractivity contribution >= 4 is 23.5 Å². The number of amides is 2.